The van der Waals surface area contributed by atoms with Gasteiger partial charge in [0.25, 0.3) is 0 Å². The number of hydrogen-bond donors (Lipinski definition) is 1. The molecule has 0 aromatic rings. The molecule has 0 aromatic carbocycles. The van der Waals surface area contributed by atoms with Gasteiger partial charge >= 0.3 is 5.97 Å². The second kappa shape index (κ2) is 6.98. The lowest BCUT2D eigenvalue weighted by Gasteiger charge is -2.53. The Morgan fingerprint density at radius 3 is 2.88 bits per heavy atom. The molecule has 0 radical (unpaired) electrons. The molecule has 26 heavy (non-hydrogen) atoms. The van der Waals surface area contributed by atoms with Crippen LogP contribution in [0.4, 0.5) is 0 Å². The van der Waals surface area contributed by atoms with Gasteiger partial charge in [-0.3, -0.25) is 9.79 Å². The molecule has 0 bridgehead atoms. The minimum absolute atomic E-state index is 0.345. The Kier molecular flexibility index (Phi) is 4.83. The number of carboxylic acid groups (broad SMARTS) is 1. The molecule has 3 nitrogen and oxygen atoms in total. The van der Waals surface area contributed by atoms with Gasteiger partial charge in [-0.05, 0) is 98.0 Å². The Morgan fingerprint density at radius 2 is 2.15 bits per heavy atom. The number of fused-ring (bicyclic) bond motifs is 5. The number of aliphatic carboxylic acids is 1. The van der Waals surface area contributed by atoms with E-state index in [0.29, 0.717) is 23.7 Å². The first-order chi connectivity index (χ1) is 12.6. The first kappa shape index (κ1) is 18.0. The zero-order valence-corrected chi connectivity index (χ0v) is 16.3. The number of hydrogen-bond acceptors (Lipinski definition) is 2. The van der Waals surface area contributed by atoms with Crippen LogP contribution in [0.15, 0.2) is 28.8 Å². The molecule has 0 saturated heterocycles. The summed E-state index contributed by atoms with van der Waals surface area (Å²) in [6, 6.07) is 0. The van der Waals surface area contributed by atoms with Gasteiger partial charge in [0, 0.05) is 19.2 Å². The van der Waals surface area contributed by atoms with E-state index >= 15 is 0 Å². The topological polar surface area (TPSA) is 49.7 Å². The Balaban J connectivity index is 1.60. The van der Waals surface area contributed by atoms with Crippen LogP contribution in [-0.4, -0.2) is 23.8 Å². The highest BCUT2D eigenvalue weighted by atomic mass is 16.4. The average molecular weight is 356 g/mol. The fourth-order valence-electron chi connectivity index (χ4n) is 7.23. The van der Waals surface area contributed by atoms with Gasteiger partial charge in [-0.2, -0.15) is 0 Å². The summed E-state index contributed by atoms with van der Waals surface area (Å²) in [5, 5.41) is 9.16. The highest BCUT2D eigenvalue weighted by Crippen LogP contribution is 2.64. The second-order valence-electron chi connectivity index (χ2n) is 9.04. The third kappa shape index (κ3) is 2.78. The summed E-state index contributed by atoms with van der Waals surface area (Å²) < 4.78 is 0. The SMILES string of the molecule is CCC12CCC3C4CC/C(=N\C)C=C4C=CC3C1CCC2CCC(=O)O. The molecule has 2 fully saturated rings. The third-order valence-corrected chi connectivity index (χ3v) is 8.43. The van der Waals surface area contributed by atoms with E-state index in [4.69, 9.17) is 5.11 Å². The van der Waals surface area contributed by atoms with Crippen molar-refractivity contribution in [3.8, 4) is 0 Å². The number of carboxylic acids is 1. The number of nitrogens with zero attached hydrogens (tertiary/aromatic N) is 1. The molecule has 0 heterocycles. The molecule has 0 aliphatic heterocycles. The van der Waals surface area contributed by atoms with E-state index < -0.39 is 5.97 Å². The summed E-state index contributed by atoms with van der Waals surface area (Å²) in [6.07, 6.45) is 17.3. The number of carbonyl (C=O) groups is 1. The molecule has 0 amide bonds. The van der Waals surface area contributed by atoms with Crippen LogP contribution in [0.1, 0.15) is 64.7 Å². The van der Waals surface area contributed by atoms with E-state index in [9.17, 15) is 4.79 Å². The Morgan fingerprint density at radius 1 is 1.31 bits per heavy atom. The monoisotopic (exact) mass is 355 g/mol. The molecule has 6 unspecified atom stereocenters. The number of aliphatic imine (C=N–C) groups is 1. The van der Waals surface area contributed by atoms with Crippen molar-refractivity contribution in [1.29, 1.82) is 0 Å². The van der Waals surface area contributed by atoms with Crippen molar-refractivity contribution >= 4 is 11.7 Å². The minimum atomic E-state index is -0.628. The van der Waals surface area contributed by atoms with E-state index in [0.717, 1.165) is 30.6 Å². The fraction of sp³-hybridized carbons (Fsp3) is 0.739. The summed E-state index contributed by atoms with van der Waals surface area (Å²) >= 11 is 0. The predicted octanol–water partition coefficient (Wildman–Crippen LogP) is 5.28. The smallest absolute Gasteiger partial charge is 0.303 e. The zero-order chi connectivity index (χ0) is 18.3. The molecule has 142 valence electrons. The lowest BCUT2D eigenvalue weighted by molar-refractivity contribution is -0.137. The van der Waals surface area contributed by atoms with Crippen molar-refractivity contribution in [3.05, 3.63) is 23.8 Å². The van der Waals surface area contributed by atoms with Crippen LogP contribution in [0.5, 0.6) is 0 Å². The van der Waals surface area contributed by atoms with Crippen LogP contribution >= 0.6 is 0 Å². The molecule has 0 spiro atoms. The van der Waals surface area contributed by atoms with Crippen molar-refractivity contribution in [2.24, 2.45) is 40.0 Å². The quantitative estimate of drug-likeness (QED) is 0.746. The van der Waals surface area contributed by atoms with Gasteiger partial charge in [-0.25, -0.2) is 0 Å². The summed E-state index contributed by atoms with van der Waals surface area (Å²) in [5.74, 6) is 2.99. The molecule has 6 atom stereocenters. The zero-order valence-electron chi connectivity index (χ0n) is 16.3. The first-order valence-corrected chi connectivity index (χ1v) is 10.7. The molecule has 2 saturated carbocycles. The molecule has 4 aliphatic carbocycles. The molecule has 4 rings (SSSR count). The standard InChI is InChI=1S/C23H33NO2/c1-3-23-13-12-19-18-9-7-17(24-2)14-15(18)4-8-20(19)21(23)10-5-16(23)6-11-22(25)26/h4,8,14,16,18-21H,3,5-7,9-13H2,1-2H3,(H,25,26)/b24-17+. The maximum absolute atomic E-state index is 11.1. The van der Waals surface area contributed by atoms with Gasteiger partial charge in [0.05, 0.1) is 0 Å². The lowest BCUT2D eigenvalue weighted by atomic mass is 9.51. The van der Waals surface area contributed by atoms with Gasteiger partial charge < -0.3 is 5.11 Å². The maximum Gasteiger partial charge on any atom is 0.303 e. The fourth-order valence-corrected chi connectivity index (χ4v) is 7.23. The summed E-state index contributed by atoms with van der Waals surface area (Å²) in [7, 11) is 1.91. The van der Waals surface area contributed by atoms with Crippen LogP contribution < -0.4 is 0 Å². The normalized spacial score (nSPS) is 42.8. The van der Waals surface area contributed by atoms with Gasteiger partial charge in [0.15, 0.2) is 0 Å². The third-order valence-electron chi connectivity index (χ3n) is 8.43. The molecular formula is C23H33NO2. The van der Waals surface area contributed by atoms with Crippen LogP contribution in [0.3, 0.4) is 0 Å². The van der Waals surface area contributed by atoms with Crippen molar-refractivity contribution in [2.75, 3.05) is 7.05 Å². The van der Waals surface area contributed by atoms with Gasteiger partial charge in [0.2, 0.25) is 0 Å². The number of rotatable bonds is 4. The summed E-state index contributed by atoms with van der Waals surface area (Å²) in [6.45, 7) is 2.36. The highest BCUT2D eigenvalue weighted by molar-refractivity contribution is 5.96. The lowest BCUT2D eigenvalue weighted by Crippen LogP contribution is -2.46. The first-order valence-electron chi connectivity index (χ1n) is 10.7. The Bertz CT molecular complexity index is 661. The van der Waals surface area contributed by atoms with E-state index in [1.54, 1.807) is 0 Å². The van der Waals surface area contributed by atoms with Gasteiger partial charge in [0.1, 0.15) is 0 Å². The summed E-state index contributed by atoms with van der Waals surface area (Å²) in [4.78, 5) is 15.5. The largest absolute Gasteiger partial charge is 0.481 e. The van der Waals surface area contributed by atoms with Crippen LogP contribution in [0, 0.1) is 35.0 Å². The van der Waals surface area contributed by atoms with Crippen LogP contribution in [-0.2, 0) is 4.79 Å². The van der Waals surface area contributed by atoms with E-state index in [1.807, 2.05) is 7.05 Å². The number of allylic oxidation sites excluding steroid dienone is 4. The molecule has 0 aromatic heterocycles. The van der Waals surface area contributed by atoms with Crippen molar-refractivity contribution < 1.29 is 9.90 Å². The molecule has 4 aliphatic rings. The molecule has 1 N–H and O–H groups in total. The minimum Gasteiger partial charge on any atom is -0.481 e. The van der Waals surface area contributed by atoms with Crippen molar-refractivity contribution in [2.45, 2.75) is 64.7 Å². The maximum atomic E-state index is 11.1. The van der Waals surface area contributed by atoms with Crippen LogP contribution in [0.25, 0.3) is 0 Å². The molecule has 3 heteroatoms. The second-order valence-corrected chi connectivity index (χ2v) is 9.04. The van der Waals surface area contributed by atoms with Gasteiger partial charge in [-0.15, -0.1) is 0 Å². The van der Waals surface area contributed by atoms with E-state index in [2.05, 4.69) is 30.1 Å². The van der Waals surface area contributed by atoms with Crippen LogP contribution in [0.2, 0.25) is 0 Å². The van der Waals surface area contributed by atoms with E-state index in [1.165, 1.54) is 49.8 Å². The van der Waals surface area contributed by atoms with Crippen molar-refractivity contribution in [1.82, 2.24) is 0 Å². The Labute approximate surface area is 157 Å². The van der Waals surface area contributed by atoms with Gasteiger partial charge in [-0.1, -0.05) is 19.1 Å². The summed E-state index contributed by atoms with van der Waals surface area (Å²) in [5.41, 5.74) is 3.17. The highest BCUT2D eigenvalue weighted by Gasteiger charge is 2.56. The molecular weight excluding hydrogens is 322 g/mol. The van der Waals surface area contributed by atoms with Crippen molar-refractivity contribution in [3.63, 3.8) is 0 Å². The predicted molar refractivity (Wildman–Crippen MR) is 105 cm³/mol. The Hall–Kier alpha value is -1.38. The van der Waals surface area contributed by atoms with E-state index in [-0.39, 0.29) is 0 Å². The average Bonchev–Trinajstić information content (AvgIpc) is 3.04.